The van der Waals surface area contributed by atoms with Crippen LogP contribution in [0.15, 0.2) is 55.0 Å². The second-order valence-electron chi connectivity index (χ2n) is 5.88. The van der Waals surface area contributed by atoms with E-state index in [4.69, 9.17) is 0 Å². The second-order valence-corrected chi connectivity index (χ2v) is 5.88. The van der Waals surface area contributed by atoms with Crippen LogP contribution in [0.3, 0.4) is 0 Å². The van der Waals surface area contributed by atoms with Crippen molar-refractivity contribution in [3.63, 3.8) is 0 Å². The van der Waals surface area contributed by atoms with E-state index in [2.05, 4.69) is 20.7 Å². The van der Waals surface area contributed by atoms with Gasteiger partial charge in [0.25, 0.3) is 0 Å². The lowest BCUT2D eigenvalue weighted by Gasteiger charge is -2.09. The third-order valence-corrected chi connectivity index (χ3v) is 4.01. The van der Waals surface area contributed by atoms with Crippen LogP contribution >= 0.6 is 0 Å². The van der Waals surface area contributed by atoms with Crippen LogP contribution in [0.5, 0.6) is 0 Å². The number of nitrogens with zero attached hydrogens (tertiary/aromatic N) is 3. The Balaban J connectivity index is 1.48. The molecule has 3 rings (SSSR count). The van der Waals surface area contributed by atoms with Crippen LogP contribution in [0.2, 0.25) is 0 Å². The van der Waals surface area contributed by atoms with Crippen molar-refractivity contribution < 1.29 is 4.79 Å². The van der Waals surface area contributed by atoms with Crippen LogP contribution in [0.4, 0.5) is 10.5 Å². The minimum absolute atomic E-state index is 0.218. The Kier molecular flexibility index (Phi) is 5.09. The van der Waals surface area contributed by atoms with Crippen LogP contribution in [0.1, 0.15) is 11.1 Å². The van der Waals surface area contributed by atoms with E-state index >= 15 is 0 Å². The molecule has 0 bridgehead atoms. The van der Waals surface area contributed by atoms with Crippen molar-refractivity contribution >= 4 is 11.7 Å². The molecule has 0 atom stereocenters. The summed E-state index contributed by atoms with van der Waals surface area (Å²) >= 11 is 0. The zero-order valence-corrected chi connectivity index (χ0v) is 14.4. The normalized spacial score (nSPS) is 10.5. The number of amides is 2. The molecule has 0 saturated heterocycles. The molecular formula is C19H21N5O. The molecule has 0 fully saturated rings. The molecule has 0 saturated carbocycles. The monoisotopic (exact) mass is 335 g/mol. The number of hydrogen-bond acceptors (Lipinski definition) is 3. The summed E-state index contributed by atoms with van der Waals surface area (Å²) in [5, 5.41) is 10.2. The number of hydrogen-bond donors (Lipinski definition) is 2. The van der Waals surface area contributed by atoms with Gasteiger partial charge < -0.3 is 10.6 Å². The third kappa shape index (κ3) is 4.44. The molecule has 0 aliphatic rings. The Bertz CT molecular complexity index is 857. The number of pyridine rings is 1. The molecule has 2 aromatic heterocycles. The van der Waals surface area contributed by atoms with Gasteiger partial charge in [-0.1, -0.05) is 6.07 Å². The summed E-state index contributed by atoms with van der Waals surface area (Å²) in [5.41, 5.74) is 5.06. The molecule has 0 aliphatic heterocycles. The number of nitrogens with one attached hydrogen (secondary N) is 2. The number of carbonyl (C=O) groups is 1. The highest BCUT2D eigenvalue weighted by atomic mass is 16.2. The first-order valence-corrected chi connectivity index (χ1v) is 8.18. The number of rotatable bonds is 5. The number of benzene rings is 1. The fraction of sp³-hybridized carbons (Fsp3) is 0.211. The molecule has 3 aromatic rings. The Hall–Kier alpha value is -3.15. The summed E-state index contributed by atoms with van der Waals surface area (Å²) in [4.78, 5) is 16.0. The molecule has 6 nitrogen and oxygen atoms in total. The Morgan fingerprint density at radius 1 is 1.08 bits per heavy atom. The van der Waals surface area contributed by atoms with E-state index in [9.17, 15) is 4.79 Å². The van der Waals surface area contributed by atoms with E-state index in [1.54, 1.807) is 12.4 Å². The lowest BCUT2D eigenvalue weighted by Crippen LogP contribution is -2.31. The van der Waals surface area contributed by atoms with E-state index in [-0.39, 0.29) is 6.03 Å². The molecule has 0 radical (unpaired) electrons. The summed E-state index contributed by atoms with van der Waals surface area (Å²) in [5.74, 6) is 0. The summed E-state index contributed by atoms with van der Waals surface area (Å²) in [6.07, 6.45) is 5.39. The van der Waals surface area contributed by atoms with Gasteiger partial charge in [-0.3, -0.25) is 9.67 Å². The van der Waals surface area contributed by atoms with Gasteiger partial charge in [0.15, 0.2) is 0 Å². The van der Waals surface area contributed by atoms with Gasteiger partial charge in [0.1, 0.15) is 0 Å². The fourth-order valence-corrected chi connectivity index (χ4v) is 2.44. The lowest BCUT2D eigenvalue weighted by atomic mass is 10.1. The zero-order valence-electron chi connectivity index (χ0n) is 14.4. The number of anilines is 1. The molecule has 6 heteroatoms. The molecule has 2 heterocycles. The fourth-order valence-electron chi connectivity index (χ4n) is 2.44. The highest BCUT2D eigenvalue weighted by molar-refractivity contribution is 5.89. The predicted molar refractivity (Wildman–Crippen MR) is 98.4 cm³/mol. The minimum Gasteiger partial charge on any atom is -0.336 e. The van der Waals surface area contributed by atoms with Gasteiger partial charge in [-0.15, -0.1) is 0 Å². The van der Waals surface area contributed by atoms with Crippen LogP contribution in [-0.2, 0) is 6.54 Å². The highest BCUT2D eigenvalue weighted by Crippen LogP contribution is 2.15. The molecule has 2 amide bonds. The number of carbonyl (C=O) groups excluding carboxylic acids is 1. The van der Waals surface area contributed by atoms with E-state index in [1.807, 2.05) is 61.1 Å². The van der Waals surface area contributed by atoms with E-state index in [0.717, 1.165) is 22.5 Å². The van der Waals surface area contributed by atoms with Crippen molar-refractivity contribution in [2.45, 2.75) is 20.4 Å². The van der Waals surface area contributed by atoms with Crippen LogP contribution in [0, 0.1) is 13.8 Å². The smallest absolute Gasteiger partial charge is 0.319 e. The van der Waals surface area contributed by atoms with E-state index < -0.39 is 0 Å². The van der Waals surface area contributed by atoms with Gasteiger partial charge in [-0.05, 0) is 55.3 Å². The van der Waals surface area contributed by atoms with Gasteiger partial charge in [-0.2, -0.15) is 5.10 Å². The van der Waals surface area contributed by atoms with Crippen molar-refractivity contribution in [2.75, 3.05) is 11.9 Å². The van der Waals surface area contributed by atoms with Gasteiger partial charge in [0.05, 0.1) is 12.2 Å². The van der Waals surface area contributed by atoms with Crippen LogP contribution in [0.25, 0.3) is 11.3 Å². The number of aromatic nitrogens is 3. The van der Waals surface area contributed by atoms with Crippen molar-refractivity contribution in [3.8, 4) is 11.3 Å². The average molecular weight is 335 g/mol. The first-order valence-electron chi connectivity index (χ1n) is 8.18. The maximum atomic E-state index is 12.0. The maximum Gasteiger partial charge on any atom is 0.319 e. The molecule has 0 unspecified atom stereocenters. The standard InChI is InChI=1S/C19H21N5O/c1-14-3-4-17(13-15(14)2)22-19(25)21-10-12-24-11-7-18(23-24)16-5-8-20-9-6-16/h3-9,11,13H,10,12H2,1-2H3,(H2,21,22,25). The largest absolute Gasteiger partial charge is 0.336 e. The summed E-state index contributed by atoms with van der Waals surface area (Å²) in [6, 6.07) is 11.4. The van der Waals surface area contributed by atoms with E-state index in [1.165, 1.54) is 5.56 Å². The molecule has 128 valence electrons. The van der Waals surface area contributed by atoms with Gasteiger partial charge in [-0.25, -0.2) is 4.79 Å². The SMILES string of the molecule is Cc1ccc(NC(=O)NCCn2ccc(-c3ccncc3)n2)cc1C. The van der Waals surface area contributed by atoms with Gasteiger partial charge >= 0.3 is 6.03 Å². The van der Waals surface area contributed by atoms with Gasteiger partial charge in [0.2, 0.25) is 0 Å². The van der Waals surface area contributed by atoms with Crippen molar-refractivity contribution in [1.29, 1.82) is 0 Å². The first kappa shape index (κ1) is 16.7. The van der Waals surface area contributed by atoms with Crippen LogP contribution in [-0.4, -0.2) is 27.3 Å². The average Bonchev–Trinajstić information content (AvgIpc) is 3.08. The summed E-state index contributed by atoms with van der Waals surface area (Å²) in [7, 11) is 0. The highest BCUT2D eigenvalue weighted by Gasteiger charge is 2.04. The van der Waals surface area contributed by atoms with Crippen molar-refractivity contribution in [1.82, 2.24) is 20.1 Å². The molecule has 0 spiro atoms. The Morgan fingerprint density at radius 2 is 1.88 bits per heavy atom. The molecule has 2 N–H and O–H groups in total. The predicted octanol–water partition coefficient (Wildman–Crippen LogP) is 3.38. The van der Waals surface area contributed by atoms with Crippen LogP contribution < -0.4 is 10.6 Å². The molecular weight excluding hydrogens is 314 g/mol. The Morgan fingerprint density at radius 3 is 2.64 bits per heavy atom. The van der Waals surface area contributed by atoms with Crippen molar-refractivity contribution in [3.05, 3.63) is 66.1 Å². The molecule has 1 aromatic carbocycles. The molecule has 25 heavy (non-hydrogen) atoms. The quantitative estimate of drug-likeness (QED) is 0.751. The first-order chi connectivity index (χ1) is 12.1. The zero-order chi connectivity index (χ0) is 17.6. The topological polar surface area (TPSA) is 71.8 Å². The van der Waals surface area contributed by atoms with E-state index in [0.29, 0.717) is 13.1 Å². The number of aryl methyl sites for hydroxylation is 2. The summed E-state index contributed by atoms with van der Waals surface area (Å²) in [6.45, 7) is 5.17. The lowest BCUT2D eigenvalue weighted by molar-refractivity contribution is 0.251. The summed E-state index contributed by atoms with van der Waals surface area (Å²) < 4.78 is 1.81. The molecule has 0 aliphatic carbocycles. The van der Waals surface area contributed by atoms with Gasteiger partial charge in [0, 0.05) is 36.4 Å². The Labute approximate surface area is 146 Å². The number of urea groups is 1. The minimum atomic E-state index is -0.218. The maximum absolute atomic E-state index is 12.0. The third-order valence-electron chi connectivity index (χ3n) is 4.01. The second kappa shape index (κ2) is 7.61. The van der Waals surface area contributed by atoms with Crippen molar-refractivity contribution in [2.24, 2.45) is 0 Å².